The van der Waals surface area contributed by atoms with Gasteiger partial charge in [-0.25, -0.2) is 8.78 Å². The van der Waals surface area contributed by atoms with Gasteiger partial charge in [-0.3, -0.25) is 0 Å². The van der Waals surface area contributed by atoms with E-state index in [0.717, 1.165) is 6.07 Å². The van der Waals surface area contributed by atoms with E-state index in [2.05, 4.69) is 0 Å². The third-order valence-corrected chi connectivity index (χ3v) is 1.01. The molecule has 13 heavy (non-hydrogen) atoms. The molecule has 1 aromatic carbocycles. The molecule has 0 saturated carbocycles. The average Bonchev–Trinajstić information content (AvgIpc) is 2.09. The van der Waals surface area contributed by atoms with E-state index in [0.29, 0.717) is 5.56 Å². The summed E-state index contributed by atoms with van der Waals surface area (Å²) >= 11 is 0. The molecule has 0 atom stereocenters. The molecule has 0 spiro atoms. The van der Waals surface area contributed by atoms with E-state index in [1.165, 1.54) is 12.1 Å². The Labute approximate surface area is 79.6 Å². The molecule has 76 valence electrons. The lowest BCUT2D eigenvalue weighted by atomic mass is 10.2. The maximum Gasteiger partial charge on any atom is 0.126 e. The maximum atomic E-state index is 12.2. The number of halogens is 2. The largest absolute Gasteiger partial charge is 0.207 e. The third kappa shape index (κ3) is 7.44. The van der Waals surface area contributed by atoms with Crippen molar-refractivity contribution in [1.82, 2.24) is 0 Å². The Kier molecular flexibility index (Phi) is 10.3. The van der Waals surface area contributed by atoms with E-state index in [1.54, 1.807) is 6.92 Å². The van der Waals surface area contributed by atoms with Gasteiger partial charge in [-0.15, -0.1) is 0 Å². The van der Waals surface area contributed by atoms with Crippen LogP contribution < -0.4 is 0 Å². The highest BCUT2D eigenvalue weighted by Crippen LogP contribution is 2.05. The Hall–Kier alpha value is -0.920. The molecular weight excluding hydrogens is 170 g/mol. The summed E-state index contributed by atoms with van der Waals surface area (Å²) in [5.41, 5.74) is 0.604. The van der Waals surface area contributed by atoms with E-state index in [9.17, 15) is 8.78 Å². The zero-order valence-electron chi connectivity index (χ0n) is 8.99. The van der Waals surface area contributed by atoms with Gasteiger partial charge in [0.05, 0.1) is 0 Å². The molecule has 0 N–H and O–H groups in total. The van der Waals surface area contributed by atoms with Crippen LogP contribution in [0.3, 0.4) is 0 Å². The Morgan fingerprint density at radius 1 is 0.769 bits per heavy atom. The maximum absolute atomic E-state index is 12.2. The molecule has 0 aliphatic rings. The second-order valence-corrected chi connectivity index (χ2v) is 1.95. The normalized spacial score (nSPS) is 7.62. The van der Waals surface area contributed by atoms with Crippen LogP contribution in [0.15, 0.2) is 18.2 Å². The molecule has 0 fully saturated rings. The van der Waals surface area contributed by atoms with Gasteiger partial charge in [-0.05, 0) is 24.6 Å². The zero-order chi connectivity index (χ0) is 10.9. The molecule has 0 nitrogen and oxygen atoms in total. The lowest BCUT2D eigenvalue weighted by molar-refractivity contribution is 0.581. The molecule has 0 radical (unpaired) electrons. The van der Waals surface area contributed by atoms with Crippen molar-refractivity contribution in [1.29, 1.82) is 0 Å². The van der Waals surface area contributed by atoms with Crippen LogP contribution in [0, 0.1) is 18.6 Å². The number of hydrogen-bond acceptors (Lipinski definition) is 0. The molecule has 1 rings (SSSR count). The van der Waals surface area contributed by atoms with Crippen LogP contribution in [-0.2, 0) is 0 Å². The van der Waals surface area contributed by atoms with Gasteiger partial charge in [0.2, 0.25) is 0 Å². The summed E-state index contributed by atoms with van der Waals surface area (Å²) in [5.74, 6) is -1.04. The Bertz CT molecular complexity index is 169. The Morgan fingerprint density at radius 2 is 1.08 bits per heavy atom. The third-order valence-electron chi connectivity index (χ3n) is 1.01. The van der Waals surface area contributed by atoms with Crippen LogP contribution in [-0.4, -0.2) is 0 Å². The molecule has 2 heteroatoms. The lowest BCUT2D eigenvalue weighted by Gasteiger charge is -1.91. The first-order valence-corrected chi connectivity index (χ1v) is 4.61. The quantitative estimate of drug-likeness (QED) is 0.568. The molecule has 0 unspecified atom stereocenters. The van der Waals surface area contributed by atoms with Crippen molar-refractivity contribution in [3.63, 3.8) is 0 Å². The number of benzene rings is 1. The fourth-order valence-corrected chi connectivity index (χ4v) is 0.692. The first kappa shape index (κ1) is 14.6. The fraction of sp³-hybridized carbons (Fsp3) is 0.455. The van der Waals surface area contributed by atoms with Gasteiger partial charge in [0.1, 0.15) is 11.6 Å². The van der Waals surface area contributed by atoms with Crippen molar-refractivity contribution in [3.8, 4) is 0 Å². The highest BCUT2D eigenvalue weighted by atomic mass is 19.1. The van der Waals surface area contributed by atoms with Crippen molar-refractivity contribution >= 4 is 0 Å². The summed E-state index contributed by atoms with van der Waals surface area (Å²) in [6.07, 6.45) is 0. The summed E-state index contributed by atoms with van der Waals surface area (Å²) in [6, 6.07) is 3.42. The van der Waals surface area contributed by atoms with E-state index < -0.39 is 11.6 Å². The van der Waals surface area contributed by atoms with Crippen molar-refractivity contribution in [3.05, 3.63) is 35.4 Å². The Morgan fingerprint density at radius 3 is 1.31 bits per heavy atom. The van der Waals surface area contributed by atoms with Gasteiger partial charge in [-0.2, -0.15) is 0 Å². The average molecular weight is 188 g/mol. The van der Waals surface area contributed by atoms with Gasteiger partial charge in [0, 0.05) is 6.07 Å². The van der Waals surface area contributed by atoms with E-state index in [1.807, 2.05) is 27.7 Å². The van der Waals surface area contributed by atoms with Crippen LogP contribution in [0.1, 0.15) is 33.3 Å². The molecule has 0 aromatic heterocycles. The van der Waals surface area contributed by atoms with Crippen LogP contribution in [0.25, 0.3) is 0 Å². The summed E-state index contributed by atoms with van der Waals surface area (Å²) in [7, 11) is 0. The standard InChI is InChI=1S/C7H6F2.2C2H6/c1-5-2-6(8)4-7(9)3-5;2*1-2/h2-4H,1H3;2*1-2H3. The van der Waals surface area contributed by atoms with Crippen LogP contribution in [0.5, 0.6) is 0 Å². The predicted molar refractivity (Wildman–Crippen MR) is 53.8 cm³/mol. The van der Waals surface area contributed by atoms with Gasteiger partial charge in [0.25, 0.3) is 0 Å². The highest BCUT2D eigenvalue weighted by molar-refractivity contribution is 5.15. The molecule has 0 saturated heterocycles. The number of hydrogen-bond donors (Lipinski definition) is 0. The van der Waals surface area contributed by atoms with Gasteiger partial charge in [-0.1, -0.05) is 27.7 Å². The molecule has 0 heterocycles. The van der Waals surface area contributed by atoms with Gasteiger partial charge >= 0.3 is 0 Å². The molecule has 0 aliphatic carbocycles. The number of aryl methyl sites for hydroxylation is 1. The van der Waals surface area contributed by atoms with E-state index >= 15 is 0 Å². The summed E-state index contributed by atoms with van der Waals surface area (Å²) in [6.45, 7) is 9.64. The minimum Gasteiger partial charge on any atom is -0.207 e. The first-order valence-electron chi connectivity index (χ1n) is 4.61. The second kappa shape index (κ2) is 9.17. The SMILES string of the molecule is CC.CC.Cc1cc(F)cc(F)c1. The summed E-state index contributed by atoms with van der Waals surface area (Å²) < 4.78 is 24.4. The molecule has 0 aliphatic heterocycles. The fourth-order valence-electron chi connectivity index (χ4n) is 0.692. The highest BCUT2D eigenvalue weighted by Gasteiger charge is 1.93. The first-order chi connectivity index (χ1) is 6.18. The van der Waals surface area contributed by atoms with Crippen LogP contribution in [0.4, 0.5) is 8.78 Å². The second-order valence-electron chi connectivity index (χ2n) is 1.95. The summed E-state index contributed by atoms with van der Waals surface area (Å²) in [5, 5.41) is 0. The van der Waals surface area contributed by atoms with Crippen LogP contribution >= 0.6 is 0 Å². The monoisotopic (exact) mass is 188 g/mol. The minimum atomic E-state index is -0.521. The topological polar surface area (TPSA) is 0 Å². The molecule has 0 bridgehead atoms. The lowest BCUT2D eigenvalue weighted by Crippen LogP contribution is -1.80. The molecular formula is C11H18F2. The van der Waals surface area contributed by atoms with Crippen molar-refractivity contribution in [2.45, 2.75) is 34.6 Å². The smallest absolute Gasteiger partial charge is 0.126 e. The van der Waals surface area contributed by atoms with E-state index in [-0.39, 0.29) is 0 Å². The van der Waals surface area contributed by atoms with Gasteiger partial charge < -0.3 is 0 Å². The predicted octanol–water partition coefficient (Wildman–Crippen LogP) is 4.33. The van der Waals surface area contributed by atoms with Gasteiger partial charge in [0.15, 0.2) is 0 Å². The summed E-state index contributed by atoms with van der Waals surface area (Å²) in [4.78, 5) is 0. The van der Waals surface area contributed by atoms with Crippen molar-refractivity contribution in [2.24, 2.45) is 0 Å². The number of rotatable bonds is 0. The van der Waals surface area contributed by atoms with Crippen LogP contribution in [0.2, 0.25) is 0 Å². The molecule has 0 amide bonds. The van der Waals surface area contributed by atoms with E-state index in [4.69, 9.17) is 0 Å². The van der Waals surface area contributed by atoms with Crippen molar-refractivity contribution in [2.75, 3.05) is 0 Å². The van der Waals surface area contributed by atoms with Crippen molar-refractivity contribution < 1.29 is 8.78 Å². The Balaban J connectivity index is 0. The minimum absolute atomic E-state index is 0.521. The molecule has 1 aromatic rings. The zero-order valence-corrected chi connectivity index (χ0v) is 8.99.